The number of ether oxygens (including phenoxy) is 1. The van der Waals surface area contributed by atoms with Crippen LogP contribution in [-0.4, -0.2) is 43.2 Å². The highest BCUT2D eigenvalue weighted by Gasteiger charge is 2.27. The highest BCUT2D eigenvalue weighted by molar-refractivity contribution is 6.30. The molecule has 4 nitrogen and oxygen atoms in total. The smallest absolute Gasteiger partial charge is 0.254 e. The minimum atomic E-state index is 0.112. The van der Waals surface area contributed by atoms with Crippen LogP contribution in [0, 0.1) is 0 Å². The van der Waals surface area contributed by atoms with Crippen LogP contribution in [0.5, 0.6) is 0 Å². The third-order valence-electron chi connectivity index (χ3n) is 6.19. The summed E-state index contributed by atoms with van der Waals surface area (Å²) in [4.78, 5) is 14.5. The summed E-state index contributed by atoms with van der Waals surface area (Å²) >= 11 is 6.13. The Bertz CT molecular complexity index is 833. The third-order valence-corrected chi connectivity index (χ3v) is 6.43. The second-order valence-corrected chi connectivity index (χ2v) is 8.61. The maximum atomic E-state index is 12.6. The normalized spacial score (nSPS) is 23.2. The highest BCUT2D eigenvalue weighted by Crippen LogP contribution is 2.35. The van der Waals surface area contributed by atoms with Gasteiger partial charge in [0.2, 0.25) is 0 Å². The van der Waals surface area contributed by atoms with Crippen molar-refractivity contribution in [3.05, 3.63) is 70.2 Å². The van der Waals surface area contributed by atoms with Gasteiger partial charge in [-0.15, -0.1) is 0 Å². The molecule has 1 aliphatic heterocycles. The number of nitrogens with zero attached hydrogens (tertiary/aromatic N) is 1. The molecule has 29 heavy (non-hydrogen) atoms. The van der Waals surface area contributed by atoms with Gasteiger partial charge in [0.15, 0.2) is 0 Å². The number of rotatable bonds is 5. The first-order chi connectivity index (χ1) is 14.1. The minimum Gasteiger partial charge on any atom is -0.378 e. The van der Waals surface area contributed by atoms with E-state index in [1.165, 1.54) is 24.0 Å². The van der Waals surface area contributed by atoms with E-state index in [0.29, 0.717) is 38.3 Å². The Hall–Kier alpha value is -1.88. The second kappa shape index (κ2) is 9.29. The summed E-state index contributed by atoms with van der Waals surface area (Å²) in [7, 11) is 0. The van der Waals surface area contributed by atoms with Crippen molar-refractivity contribution >= 4 is 17.5 Å². The summed E-state index contributed by atoms with van der Waals surface area (Å²) in [6, 6.07) is 17.1. The lowest BCUT2D eigenvalue weighted by Crippen LogP contribution is -2.40. The molecule has 4 rings (SSSR count). The van der Waals surface area contributed by atoms with E-state index >= 15 is 0 Å². The lowest BCUT2D eigenvalue weighted by molar-refractivity contribution is 0.0303. The summed E-state index contributed by atoms with van der Waals surface area (Å²) in [6.07, 6.45) is 3.47. The Morgan fingerprint density at radius 1 is 1.14 bits per heavy atom. The SMILES string of the molecule is C[C@@H](NC1CC[C@H](c2ccc(C(=O)N3CCOCC3)cc2)C1)c1cccc(Cl)c1. The summed E-state index contributed by atoms with van der Waals surface area (Å²) in [5.74, 6) is 0.660. The molecule has 2 aromatic carbocycles. The average Bonchev–Trinajstić information content (AvgIpc) is 3.22. The lowest BCUT2D eigenvalue weighted by atomic mass is 9.96. The van der Waals surface area contributed by atoms with Crippen LogP contribution in [0.15, 0.2) is 48.5 Å². The van der Waals surface area contributed by atoms with Crippen LogP contribution in [0.25, 0.3) is 0 Å². The molecule has 1 saturated carbocycles. The Morgan fingerprint density at radius 3 is 2.62 bits per heavy atom. The van der Waals surface area contributed by atoms with Gasteiger partial charge in [-0.25, -0.2) is 0 Å². The first kappa shape index (κ1) is 20.4. The average molecular weight is 413 g/mol. The van der Waals surface area contributed by atoms with Gasteiger partial charge in [-0.2, -0.15) is 0 Å². The summed E-state index contributed by atoms with van der Waals surface area (Å²) in [6.45, 7) is 4.83. The monoisotopic (exact) mass is 412 g/mol. The molecule has 2 fully saturated rings. The summed E-state index contributed by atoms with van der Waals surface area (Å²) < 4.78 is 5.34. The summed E-state index contributed by atoms with van der Waals surface area (Å²) in [5, 5.41) is 4.55. The number of halogens is 1. The molecule has 1 amide bonds. The van der Waals surface area contributed by atoms with Crippen molar-refractivity contribution in [2.24, 2.45) is 0 Å². The number of hydrogen-bond donors (Lipinski definition) is 1. The van der Waals surface area contributed by atoms with E-state index in [9.17, 15) is 4.79 Å². The van der Waals surface area contributed by atoms with Crippen LogP contribution in [-0.2, 0) is 4.74 Å². The molecule has 0 radical (unpaired) electrons. The molecule has 1 unspecified atom stereocenters. The standard InChI is InChI=1S/C24H29ClN2O2/c1-17(20-3-2-4-22(25)15-20)26-23-10-9-21(16-23)18-5-7-19(8-6-18)24(28)27-11-13-29-14-12-27/h2-8,15,17,21,23,26H,9-14,16H2,1H3/t17-,21+,23?/m1/s1. The van der Waals surface area contributed by atoms with Gasteiger partial charge < -0.3 is 15.0 Å². The Balaban J connectivity index is 1.33. The van der Waals surface area contributed by atoms with Gasteiger partial charge in [-0.1, -0.05) is 35.9 Å². The third kappa shape index (κ3) is 5.00. The van der Waals surface area contributed by atoms with Crippen molar-refractivity contribution in [1.29, 1.82) is 0 Å². The molecule has 0 bridgehead atoms. The first-order valence-electron chi connectivity index (χ1n) is 10.6. The van der Waals surface area contributed by atoms with E-state index in [1.54, 1.807) is 0 Å². The second-order valence-electron chi connectivity index (χ2n) is 8.18. The van der Waals surface area contributed by atoms with Gasteiger partial charge in [0.05, 0.1) is 13.2 Å². The van der Waals surface area contributed by atoms with Crippen molar-refractivity contribution in [1.82, 2.24) is 10.2 Å². The van der Waals surface area contributed by atoms with E-state index in [4.69, 9.17) is 16.3 Å². The molecule has 2 aromatic rings. The van der Waals surface area contributed by atoms with Gasteiger partial charge in [-0.05, 0) is 67.5 Å². The van der Waals surface area contributed by atoms with Crippen molar-refractivity contribution < 1.29 is 9.53 Å². The number of nitrogens with one attached hydrogen (secondary N) is 1. The molecule has 5 heteroatoms. The topological polar surface area (TPSA) is 41.6 Å². The van der Waals surface area contributed by atoms with E-state index in [1.807, 2.05) is 35.2 Å². The molecule has 1 saturated heterocycles. The van der Waals surface area contributed by atoms with Gasteiger partial charge >= 0.3 is 0 Å². The highest BCUT2D eigenvalue weighted by atomic mass is 35.5. The maximum Gasteiger partial charge on any atom is 0.254 e. The van der Waals surface area contributed by atoms with E-state index in [-0.39, 0.29) is 11.9 Å². The largest absolute Gasteiger partial charge is 0.378 e. The fourth-order valence-corrected chi connectivity index (χ4v) is 4.71. The molecule has 1 aliphatic carbocycles. The van der Waals surface area contributed by atoms with Crippen LogP contribution in [0.2, 0.25) is 5.02 Å². The zero-order chi connectivity index (χ0) is 20.2. The van der Waals surface area contributed by atoms with Crippen LogP contribution in [0.1, 0.15) is 59.6 Å². The number of morpholine rings is 1. The molecular formula is C24H29ClN2O2. The van der Waals surface area contributed by atoms with Crippen LogP contribution in [0.4, 0.5) is 0 Å². The lowest BCUT2D eigenvalue weighted by Gasteiger charge is -2.27. The first-order valence-corrected chi connectivity index (χ1v) is 11.0. The number of carbonyl (C=O) groups is 1. The molecule has 1 heterocycles. The predicted molar refractivity (Wildman–Crippen MR) is 117 cm³/mol. The summed E-state index contributed by atoms with van der Waals surface area (Å²) in [5.41, 5.74) is 3.34. The van der Waals surface area contributed by atoms with Gasteiger partial charge in [0.1, 0.15) is 0 Å². The quantitative estimate of drug-likeness (QED) is 0.766. The maximum absolute atomic E-state index is 12.6. The Kier molecular flexibility index (Phi) is 6.53. The Labute approximate surface area is 178 Å². The number of benzene rings is 2. The molecule has 3 atom stereocenters. The van der Waals surface area contributed by atoms with Crippen LogP contribution < -0.4 is 5.32 Å². The van der Waals surface area contributed by atoms with E-state index in [2.05, 4.69) is 30.4 Å². The molecule has 0 aromatic heterocycles. The van der Waals surface area contributed by atoms with Crippen LogP contribution >= 0.6 is 11.6 Å². The van der Waals surface area contributed by atoms with Gasteiger partial charge in [0, 0.05) is 35.8 Å². The van der Waals surface area contributed by atoms with E-state index < -0.39 is 0 Å². The zero-order valence-corrected chi connectivity index (χ0v) is 17.7. The molecule has 2 aliphatic rings. The molecule has 1 N–H and O–H groups in total. The van der Waals surface area contributed by atoms with Crippen molar-refractivity contribution in [2.75, 3.05) is 26.3 Å². The predicted octanol–water partition coefficient (Wildman–Crippen LogP) is 4.80. The molecule has 154 valence electrons. The van der Waals surface area contributed by atoms with Gasteiger partial charge in [-0.3, -0.25) is 4.79 Å². The zero-order valence-electron chi connectivity index (χ0n) is 16.9. The van der Waals surface area contributed by atoms with Gasteiger partial charge in [0.25, 0.3) is 5.91 Å². The number of carbonyl (C=O) groups excluding carboxylic acids is 1. The van der Waals surface area contributed by atoms with Crippen molar-refractivity contribution in [3.63, 3.8) is 0 Å². The van der Waals surface area contributed by atoms with E-state index in [0.717, 1.165) is 17.0 Å². The fraction of sp³-hybridized carbons (Fsp3) is 0.458. The van der Waals surface area contributed by atoms with Crippen LogP contribution in [0.3, 0.4) is 0 Å². The Morgan fingerprint density at radius 2 is 1.90 bits per heavy atom. The number of amides is 1. The minimum absolute atomic E-state index is 0.112. The fourth-order valence-electron chi connectivity index (χ4n) is 4.51. The molecule has 0 spiro atoms. The molecular weight excluding hydrogens is 384 g/mol. The number of hydrogen-bond acceptors (Lipinski definition) is 3. The van der Waals surface area contributed by atoms with Crippen molar-refractivity contribution in [2.45, 2.75) is 44.2 Å². The van der Waals surface area contributed by atoms with Crippen molar-refractivity contribution in [3.8, 4) is 0 Å².